The Balaban J connectivity index is 0.00000196. The summed E-state index contributed by atoms with van der Waals surface area (Å²) in [5.74, 6) is -0.303. The fourth-order valence-corrected chi connectivity index (χ4v) is 5.33. The van der Waals surface area contributed by atoms with Gasteiger partial charge in [-0.05, 0) is 44.3 Å². The molecule has 28 heavy (non-hydrogen) atoms. The van der Waals surface area contributed by atoms with Crippen LogP contribution in [0.4, 0.5) is 0 Å². The minimum absolute atomic E-state index is 0. The number of amides is 1. The summed E-state index contributed by atoms with van der Waals surface area (Å²) in [6, 6.07) is 10.4. The van der Waals surface area contributed by atoms with Crippen LogP contribution in [0.15, 0.2) is 30.3 Å². The van der Waals surface area contributed by atoms with Crippen molar-refractivity contribution in [1.29, 1.82) is 0 Å². The molecule has 2 aliphatic rings. The van der Waals surface area contributed by atoms with E-state index in [0.29, 0.717) is 25.9 Å². The van der Waals surface area contributed by atoms with E-state index in [-0.39, 0.29) is 36.8 Å². The van der Waals surface area contributed by atoms with Gasteiger partial charge in [-0.25, -0.2) is 8.42 Å². The highest BCUT2D eigenvalue weighted by Crippen LogP contribution is 2.28. The summed E-state index contributed by atoms with van der Waals surface area (Å²) in [6.07, 6.45) is 3.61. The van der Waals surface area contributed by atoms with E-state index in [1.165, 1.54) is 11.8 Å². The van der Waals surface area contributed by atoms with Crippen LogP contribution < -0.4 is 10.6 Å². The fraction of sp³-hybridized carbons (Fsp3) is 0.632. The largest absolute Gasteiger partial charge is 0.352 e. The number of nitrogens with zero attached hydrogens (tertiary/aromatic N) is 1. The molecule has 0 aliphatic carbocycles. The fourth-order valence-electron chi connectivity index (χ4n) is 3.99. The molecule has 6 nitrogen and oxygen atoms in total. The second-order valence-corrected chi connectivity index (χ2v) is 9.85. The van der Waals surface area contributed by atoms with Gasteiger partial charge in [-0.1, -0.05) is 30.3 Å². The zero-order valence-electron chi connectivity index (χ0n) is 16.2. The van der Waals surface area contributed by atoms with Crippen LogP contribution in [-0.4, -0.2) is 62.4 Å². The zero-order valence-corrected chi connectivity index (χ0v) is 18.7. The van der Waals surface area contributed by atoms with Crippen LogP contribution >= 0.6 is 24.8 Å². The predicted octanol–water partition coefficient (Wildman–Crippen LogP) is 1.78. The molecule has 2 N–H and O–H groups in total. The first-order chi connectivity index (χ1) is 12.4. The first-order valence-corrected chi connectivity index (χ1v) is 11.3. The standard InChI is InChI=1S/C19H29N3O3S.2ClH/c1-26(24,25)19(9-11-20-12-10-19)18(23)21-17-7-13-22(14-8-17)15-16-5-3-2-4-6-16;;/h2-6,17,20H,7-15H2,1H3,(H,21,23);2*1H. The molecule has 9 heteroatoms. The van der Waals surface area contributed by atoms with Crippen molar-refractivity contribution in [2.45, 2.75) is 43.0 Å². The molecule has 0 radical (unpaired) electrons. The van der Waals surface area contributed by atoms with Crippen molar-refractivity contribution in [3.8, 4) is 0 Å². The molecule has 1 aromatic rings. The Hall–Kier alpha value is -0.860. The lowest BCUT2D eigenvalue weighted by molar-refractivity contribution is -0.125. The Morgan fingerprint density at radius 1 is 1.14 bits per heavy atom. The topological polar surface area (TPSA) is 78.5 Å². The van der Waals surface area contributed by atoms with Gasteiger partial charge in [0.05, 0.1) is 0 Å². The third-order valence-corrected chi connectivity index (χ3v) is 7.72. The van der Waals surface area contributed by atoms with Crippen molar-refractivity contribution in [3.63, 3.8) is 0 Å². The monoisotopic (exact) mass is 451 g/mol. The summed E-state index contributed by atoms with van der Waals surface area (Å²) in [4.78, 5) is 15.3. The Kier molecular flexibility index (Phi) is 9.70. The molecule has 2 fully saturated rings. The average molecular weight is 452 g/mol. The Morgan fingerprint density at radius 2 is 1.71 bits per heavy atom. The molecule has 0 aromatic heterocycles. The van der Waals surface area contributed by atoms with Crippen molar-refractivity contribution in [3.05, 3.63) is 35.9 Å². The quantitative estimate of drug-likeness (QED) is 0.712. The van der Waals surface area contributed by atoms with E-state index in [2.05, 4.69) is 27.7 Å². The zero-order chi connectivity index (χ0) is 18.6. The van der Waals surface area contributed by atoms with Crippen LogP contribution in [-0.2, 0) is 21.2 Å². The Morgan fingerprint density at radius 3 is 2.25 bits per heavy atom. The van der Waals surface area contributed by atoms with Crippen LogP contribution in [0.5, 0.6) is 0 Å². The smallest absolute Gasteiger partial charge is 0.241 e. The van der Waals surface area contributed by atoms with E-state index in [1.54, 1.807) is 0 Å². The average Bonchev–Trinajstić information content (AvgIpc) is 2.64. The lowest BCUT2D eigenvalue weighted by Crippen LogP contribution is -2.59. The van der Waals surface area contributed by atoms with E-state index >= 15 is 0 Å². The number of carbonyl (C=O) groups excluding carboxylic acids is 1. The summed E-state index contributed by atoms with van der Waals surface area (Å²) in [6.45, 7) is 3.87. The molecule has 2 aliphatic heterocycles. The van der Waals surface area contributed by atoms with Gasteiger partial charge in [0.25, 0.3) is 0 Å². The van der Waals surface area contributed by atoms with Crippen molar-refractivity contribution >= 4 is 40.6 Å². The Bertz CT molecular complexity index is 717. The molecule has 1 aromatic carbocycles. The van der Waals surface area contributed by atoms with E-state index in [9.17, 15) is 13.2 Å². The normalized spacial score (nSPS) is 20.5. The third-order valence-electron chi connectivity index (χ3n) is 5.71. The highest BCUT2D eigenvalue weighted by molar-refractivity contribution is 7.92. The molecule has 3 rings (SSSR count). The highest BCUT2D eigenvalue weighted by Gasteiger charge is 2.49. The minimum atomic E-state index is -3.45. The SMILES string of the molecule is CS(=O)(=O)C1(C(=O)NC2CCN(Cc3ccccc3)CC2)CCNCC1.Cl.Cl. The van der Waals surface area contributed by atoms with Gasteiger partial charge >= 0.3 is 0 Å². The van der Waals surface area contributed by atoms with Crippen molar-refractivity contribution in [1.82, 2.24) is 15.5 Å². The van der Waals surface area contributed by atoms with Crippen molar-refractivity contribution < 1.29 is 13.2 Å². The van der Waals surface area contributed by atoms with E-state index in [0.717, 1.165) is 32.5 Å². The molecule has 0 atom stereocenters. The number of hydrogen-bond donors (Lipinski definition) is 2. The molecule has 0 unspecified atom stereocenters. The molecule has 160 valence electrons. The summed E-state index contributed by atoms with van der Waals surface area (Å²) in [7, 11) is -3.45. The van der Waals surface area contributed by atoms with Gasteiger partial charge in [-0.3, -0.25) is 9.69 Å². The maximum Gasteiger partial charge on any atom is 0.241 e. The number of nitrogens with one attached hydrogen (secondary N) is 2. The van der Waals surface area contributed by atoms with Crippen LogP contribution in [0.25, 0.3) is 0 Å². The molecule has 1 amide bonds. The number of sulfone groups is 1. The first kappa shape index (κ1) is 25.2. The Labute approximate surface area is 180 Å². The first-order valence-electron chi connectivity index (χ1n) is 9.38. The van der Waals surface area contributed by atoms with Gasteiger partial charge in [-0.15, -0.1) is 24.8 Å². The van der Waals surface area contributed by atoms with Gasteiger partial charge < -0.3 is 10.6 Å². The molecule has 2 saturated heterocycles. The second kappa shape index (κ2) is 10.8. The highest BCUT2D eigenvalue weighted by atomic mass is 35.5. The van der Waals surface area contributed by atoms with Gasteiger partial charge in [-0.2, -0.15) is 0 Å². The minimum Gasteiger partial charge on any atom is -0.352 e. The van der Waals surface area contributed by atoms with E-state index in [4.69, 9.17) is 0 Å². The van der Waals surface area contributed by atoms with Crippen molar-refractivity contribution in [2.24, 2.45) is 0 Å². The van der Waals surface area contributed by atoms with Gasteiger partial charge in [0.1, 0.15) is 0 Å². The lowest BCUT2D eigenvalue weighted by Gasteiger charge is -2.38. The number of piperidine rings is 2. The number of benzene rings is 1. The van der Waals surface area contributed by atoms with Crippen LogP contribution in [0.3, 0.4) is 0 Å². The third kappa shape index (κ3) is 5.83. The maximum atomic E-state index is 12.9. The molecule has 0 saturated carbocycles. The summed E-state index contributed by atoms with van der Waals surface area (Å²) in [5.41, 5.74) is 1.29. The molecule has 0 spiro atoms. The van der Waals surface area contributed by atoms with Crippen LogP contribution in [0.1, 0.15) is 31.2 Å². The molecule has 2 heterocycles. The molecular formula is C19H31Cl2N3O3S. The maximum absolute atomic E-state index is 12.9. The van der Waals surface area contributed by atoms with Gasteiger partial charge in [0.15, 0.2) is 14.6 Å². The van der Waals surface area contributed by atoms with E-state index in [1.807, 2.05) is 18.2 Å². The van der Waals surface area contributed by atoms with Crippen molar-refractivity contribution in [2.75, 3.05) is 32.4 Å². The van der Waals surface area contributed by atoms with Crippen LogP contribution in [0.2, 0.25) is 0 Å². The van der Waals surface area contributed by atoms with Gasteiger partial charge in [0.2, 0.25) is 5.91 Å². The molecular weight excluding hydrogens is 421 g/mol. The number of halogens is 2. The number of hydrogen-bond acceptors (Lipinski definition) is 5. The summed E-state index contributed by atoms with van der Waals surface area (Å²) >= 11 is 0. The molecule has 0 bridgehead atoms. The van der Waals surface area contributed by atoms with E-state index < -0.39 is 14.6 Å². The van der Waals surface area contributed by atoms with Crippen LogP contribution in [0, 0.1) is 0 Å². The number of likely N-dealkylation sites (tertiary alicyclic amines) is 1. The predicted molar refractivity (Wildman–Crippen MR) is 117 cm³/mol. The lowest BCUT2D eigenvalue weighted by atomic mass is 9.94. The van der Waals surface area contributed by atoms with Gasteiger partial charge in [0, 0.05) is 31.9 Å². The number of rotatable bonds is 5. The second-order valence-electron chi connectivity index (χ2n) is 7.53. The summed E-state index contributed by atoms with van der Waals surface area (Å²) in [5, 5.41) is 6.20. The summed E-state index contributed by atoms with van der Waals surface area (Å²) < 4.78 is 23.4. The number of carbonyl (C=O) groups is 1.